The number of carbonyl (C=O) groups is 1. The normalized spacial score (nSPS) is 11.7. The Morgan fingerprint density at radius 3 is 2.83 bits per heavy atom. The average Bonchev–Trinajstić information content (AvgIpc) is 2.61. The van der Waals surface area contributed by atoms with Crippen molar-refractivity contribution in [2.24, 2.45) is 16.1 Å². The van der Waals surface area contributed by atoms with E-state index in [0.29, 0.717) is 12.1 Å². The van der Waals surface area contributed by atoms with Crippen LogP contribution in [-0.4, -0.2) is 16.0 Å². The number of aromatic amines is 1. The molecular weight excluding hydrogens is 230 g/mol. The number of benzene rings is 1. The molecule has 1 aromatic carbocycles. The van der Waals surface area contributed by atoms with E-state index in [1.807, 2.05) is 38.1 Å². The summed E-state index contributed by atoms with van der Waals surface area (Å²) in [7, 11) is 0. The molecule has 94 valence electrons. The Kier molecular flexibility index (Phi) is 3.41. The van der Waals surface area contributed by atoms with Crippen molar-refractivity contribution >= 4 is 22.5 Å². The summed E-state index contributed by atoms with van der Waals surface area (Å²) in [6.45, 7) is 3.88. The summed E-state index contributed by atoms with van der Waals surface area (Å²) in [6.07, 6.45) is 0.354. The van der Waals surface area contributed by atoms with E-state index in [9.17, 15) is 9.90 Å². The SMILES string of the molecule is CC(C)CC(=O)N=Nc1c(O)[nH]c2ccccc12. The molecule has 18 heavy (non-hydrogen) atoms. The number of carbonyl (C=O) groups excluding carboxylic acids is 1. The molecule has 0 bridgehead atoms. The monoisotopic (exact) mass is 245 g/mol. The van der Waals surface area contributed by atoms with Crippen LogP contribution in [0, 0.1) is 5.92 Å². The van der Waals surface area contributed by atoms with Crippen molar-refractivity contribution in [3.8, 4) is 5.88 Å². The van der Waals surface area contributed by atoms with Gasteiger partial charge in [-0.25, -0.2) is 0 Å². The molecule has 0 atom stereocenters. The van der Waals surface area contributed by atoms with Crippen LogP contribution in [0.25, 0.3) is 10.9 Å². The molecule has 1 aromatic heterocycles. The van der Waals surface area contributed by atoms with Crippen molar-refractivity contribution in [3.05, 3.63) is 24.3 Å². The number of nitrogens with one attached hydrogen (secondary N) is 1. The van der Waals surface area contributed by atoms with Gasteiger partial charge in [-0.3, -0.25) is 4.79 Å². The van der Waals surface area contributed by atoms with Crippen LogP contribution < -0.4 is 0 Å². The average molecular weight is 245 g/mol. The summed E-state index contributed by atoms with van der Waals surface area (Å²) in [5.41, 5.74) is 1.07. The van der Waals surface area contributed by atoms with Gasteiger partial charge in [0.15, 0.2) is 5.69 Å². The number of rotatable bonds is 3. The van der Waals surface area contributed by atoms with Crippen molar-refractivity contribution in [2.45, 2.75) is 20.3 Å². The Balaban J connectivity index is 2.29. The highest BCUT2D eigenvalue weighted by atomic mass is 16.3. The lowest BCUT2D eigenvalue weighted by atomic mass is 10.1. The molecule has 1 amide bonds. The van der Waals surface area contributed by atoms with Crippen LogP contribution >= 0.6 is 0 Å². The second kappa shape index (κ2) is 5.00. The van der Waals surface area contributed by atoms with Gasteiger partial charge in [0.05, 0.1) is 5.52 Å². The minimum Gasteiger partial charge on any atom is -0.493 e. The summed E-state index contributed by atoms with van der Waals surface area (Å²) in [4.78, 5) is 14.2. The predicted molar refractivity (Wildman–Crippen MR) is 68.9 cm³/mol. The quantitative estimate of drug-likeness (QED) is 0.811. The van der Waals surface area contributed by atoms with Crippen LogP contribution in [0.3, 0.4) is 0 Å². The zero-order valence-corrected chi connectivity index (χ0v) is 10.3. The van der Waals surface area contributed by atoms with Crippen molar-refractivity contribution in [2.75, 3.05) is 0 Å². The Morgan fingerprint density at radius 1 is 1.39 bits per heavy atom. The van der Waals surface area contributed by atoms with Gasteiger partial charge < -0.3 is 10.1 Å². The van der Waals surface area contributed by atoms with Crippen molar-refractivity contribution in [3.63, 3.8) is 0 Å². The van der Waals surface area contributed by atoms with Crippen molar-refractivity contribution in [1.29, 1.82) is 0 Å². The second-order valence-corrected chi connectivity index (χ2v) is 4.56. The van der Waals surface area contributed by atoms with Crippen LogP contribution in [-0.2, 0) is 4.79 Å². The Hall–Kier alpha value is -2.17. The molecule has 2 N–H and O–H groups in total. The maximum atomic E-state index is 11.4. The third-order valence-corrected chi connectivity index (χ3v) is 2.50. The fourth-order valence-electron chi connectivity index (χ4n) is 1.71. The van der Waals surface area contributed by atoms with Crippen LogP contribution in [0.2, 0.25) is 0 Å². The van der Waals surface area contributed by atoms with Crippen LogP contribution in [0.4, 0.5) is 5.69 Å². The molecule has 5 heteroatoms. The number of para-hydroxylation sites is 1. The van der Waals surface area contributed by atoms with E-state index in [-0.39, 0.29) is 17.7 Å². The molecule has 0 fully saturated rings. The number of amides is 1. The maximum Gasteiger partial charge on any atom is 0.265 e. The number of hydrogen-bond acceptors (Lipinski definition) is 3. The molecule has 2 aromatic rings. The number of hydrogen-bond donors (Lipinski definition) is 2. The lowest BCUT2D eigenvalue weighted by Crippen LogP contribution is -1.97. The third-order valence-electron chi connectivity index (χ3n) is 2.50. The largest absolute Gasteiger partial charge is 0.493 e. The highest BCUT2D eigenvalue weighted by Gasteiger charge is 2.10. The molecule has 2 rings (SSSR count). The fraction of sp³-hybridized carbons (Fsp3) is 0.308. The van der Waals surface area contributed by atoms with E-state index in [1.54, 1.807) is 0 Å². The van der Waals surface area contributed by atoms with Gasteiger partial charge in [-0.05, 0) is 12.0 Å². The first kappa shape index (κ1) is 12.3. The number of azo groups is 1. The highest BCUT2D eigenvalue weighted by molar-refractivity contribution is 5.94. The first-order valence-corrected chi connectivity index (χ1v) is 5.82. The summed E-state index contributed by atoms with van der Waals surface area (Å²) in [6, 6.07) is 7.32. The van der Waals surface area contributed by atoms with Gasteiger partial charge in [-0.2, -0.15) is 0 Å². The highest BCUT2D eigenvalue weighted by Crippen LogP contribution is 2.35. The van der Waals surface area contributed by atoms with E-state index < -0.39 is 0 Å². The van der Waals surface area contributed by atoms with Crippen LogP contribution in [0.15, 0.2) is 34.5 Å². The lowest BCUT2D eigenvalue weighted by molar-refractivity contribution is -0.118. The molecule has 0 aliphatic rings. The van der Waals surface area contributed by atoms with E-state index in [2.05, 4.69) is 15.2 Å². The zero-order valence-electron chi connectivity index (χ0n) is 10.3. The van der Waals surface area contributed by atoms with Gasteiger partial charge in [0.1, 0.15) is 0 Å². The minimum atomic E-state index is -0.283. The minimum absolute atomic E-state index is 0.0719. The van der Waals surface area contributed by atoms with Gasteiger partial charge >= 0.3 is 0 Å². The molecular formula is C13H15N3O2. The molecule has 0 saturated carbocycles. The molecule has 0 saturated heterocycles. The predicted octanol–water partition coefficient (Wildman–Crippen LogP) is 3.53. The first-order valence-electron chi connectivity index (χ1n) is 5.82. The number of aromatic hydroxyl groups is 1. The Labute approximate surface area is 105 Å². The number of nitrogens with zero attached hydrogens (tertiary/aromatic N) is 2. The molecule has 1 heterocycles. The Morgan fingerprint density at radius 2 is 2.11 bits per heavy atom. The van der Waals surface area contributed by atoms with Crippen molar-refractivity contribution in [1.82, 2.24) is 4.98 Å². The fourth-order valence-corrected chi connectivity index (χ4v) is 1.71. The topological polar surface area (TPSA) is 77.8 Å². The maximum absolute atomic E-state index is 11.4. The van der Waals surface area contributed by atoms with Gasteiger partial charge in [-0.15, -0.1) is 10.2 Å². The standard InChI is InChI=1S/C13H15N3O2/c1-8(2)7-11(17)15-16-12-9-5-3-4-6-10(9)14-13(12)18/h3-6,8,14,18H,7H2,1-2H3. The Bertz CT molecular complexity index is 599. The molecule has 0 aliphatic heterocycles. The van der Waals surface area contributed by atoms with E-state index >= 15 is 0 Å². The smallest absolute Gasteiger partial charge is 0.265 e. The van der Waals surface area contributed by atoms with Gasteiger partial charge in [-0.1, -0.05) is 32.0 Å². The van der Waals surface area contributed by atoms with Crippen LogP contribution in [0.5, 0.6) is 5.88 Å². The third kappa shape index (κ3) is 2.56. The lowest BCUT2D eigenvalue weighted by Gasteiger charge is -1.97. The van der Waals surface area contributed by atoms with Crippen molar-refractivity contribution < 1.29 is 9.90 Å². The second-order valence-electron chi connectivity index (χ2n) is 4.56. The molecule has 0 spiro atoms. The summed E-state index contributed by atoms with van der Waals surface area (Å²) in [5.74, 6) is -0.111. The summed E-state index contributed by atoms with van der Waals surface area (Å²) in [5, 5.41) is 17.9. The van der Waals surface area contributed by atoms with Gasteiger partial charge in [0, 0.05) is 11.8 Å². The number of aromatic nitrogens is 1. The van der Waals surface area contributed by atoms with E-state index in [0.717, 1.165) is 10.9 Å². The molecule has 0 radical (unpaired) electrons. The number of H-pyrrole nitrogens is 1. The zero-order chi connectivity index (χ0) is 13.1. The summed E-state index contributed by atoms with van der Waals surface area (Å²) >= 11 is 0. The first-order chi connectivity index (χ1) is 8.58. The van der Waals surface area contributed by atoms with Gasteiger partial charge in [0.25, 0.3) is 5.91 Å². The molecule has 5 nitrogen and oxygen atoms in total. The van der Waals surface area contributed by atoms with E-state index in [4.69, 9.17) is 0 Å². The van der Waals surface area contributed by atoms with E-state index in [1.165, 1.54) is 0 Å². The van der Waals surface area contributed by atoms with Gasteiger partial charge in [0.2, 0.25) is 5.88 Å². The van der Waals surface area contributed by atoms with Crippen LogP contribution in [0.1, 0.15) is 20.3 Å². The summed E-state index contributed by atoms with van der Waals surface area (Å²) < 4.78 is 0. The molecule has 0 aliphatic carbocycles. The number of fused-ring (bicyclic) bond motifs is 1. The molecule has 0 unspecified atom stereocenters.